The quantitative estimate of drug-likeness (QED) is 0.0330. The molecular weight excluding hydrogens is 580 g/mol. The van der Waals surface area contributed by atoms with Crippen LogP contribution in [-0.2, 0) is 33.3 Å². The van der Waals surface area contributed by atoms with E-state index in [-0.39, 0.29) is 29.9 Å². The lowest BCUT2D eigenvalue weighted by Crippen LogP contribution is -2.44. The van der Waals surface area contributed by atoms with Crippen LogP contribution in [0.4, 0.5) is 0 Å². The van der Waals surface area contributed by atoms with Gasteiger partial charge >= 0.3 is 17.9 Å². The fourth-order valence-corrected chi connectivity index (χ4v) is 6.41. The second-order valence-corrected chi connectivity index (χ2v) is 13.7. The molecule has 0 bridgehead atoms. The van der Waals surface area contributed by atoms with Gasteiger partial charge in [0.1, 0.15) is 6.10 Å². The molecule has 0 aromatic heterocycles. The minimum atomic E-state index is -0.121. The van der Waals surface area contributed by atoms with Crippen molar-refractivity contribution in [2.24, 2.45) is 5.92 Å². The number of cyclic esters (lactones) is 1. The zero-order chi connectivity index (χ0) is 33.7. The van der Waals surface area contributed by atoms with Crippen LogP contribution in [0.5, 0.6) is 0 Å². The molecule has 2 heterocycles. The summed E-state index contributed by atoms with van der Waals surface area (Å²) >= 11 is 0. The third-order valence-electron chi connectivity index (χ3n) is 9.61. The van der Waals surface area contributed by atoms with Crippen LogP contribution in [0.25, 0.3) is 0 Å². The maximum atomic E-state index is 11.6. The monoisotopic (exact) mass is 653 g/mol. The van der Waals surface area contributed by atoms with Crippen molar-refractivity contribution in [1.29, 1.82) is 0 Å². The van der Waals surface area contributed by atoms with Crippen LogP contribution in [0.15, 0.2) is 0 Å². The molecule has 2 rings (SSSR count). The first kappa shape index (κ1) is 42.4. The van der Waals surface area contributed by atoms with E-state index in [2.05, 4.69) is 23.3 Å². The maximum absolute atomic E-state index is 11.6. The first-order valence-electron chi connectivity index (χ1n) is 19.5. The summed E-state index contributed by atoms with van der Waals surface area (Å²) in [4.78, 5) is 33.6. The van der Waals surface area contributed by atoms with E-state index in [9.17, 15) is 14.4 Å². The van der Waals surface area contributed by atoms with Crippen molar-refractivity contribution in [3.8, 4) is 0 Å². The highest BCUT2D eigenvalue weighted by molar-refractivity contribution is 5.78. The lowest BCUT2D eigenvalue weighted by atomic mass is 9.87. The van der Waals surface area contributed by atoms with Gasteiger partial charge in [-0.1, -0.05) is 136 Å². The number of hydrogen-bond donors (Lipinski definition) is 0. The molecule has 0 saturated carbocycles. The Hall–Kier alpha value is -1.63. The summed E-state index contributed by atoms with van der Waals surface area (Å²) in [5, 5.41) is 0. The molecule has 4 atom stereocenters. The van der Waals surface area contributed by atoms with Gasteiger partial charge in [0.2, 0.25) is 0 Å². The Labute approximate surface area is 283 Å². The highest BCUT2D eigenvalue weighted by Gasteiger charge is 2.40. The predicted molar refractivity (Wildman–Crippen MR) is 187 cm³/mol. The van der Waals surface area contributed by atoms with Crippen LogP contribution >= 0.6 is 0 Å². The van der Waals surface area contributed by atoms with E-state index in [1.807, 2.05) is 0 Å². The second kappa shape index (κ2) is 29.5. The Bertz CT molecular complexity index is 755. The number of methoxy groups -OCH3 is 2. The smallest absolute Gasteiger partial charge is 0.313 e. The molecule has 0 aromatic carbocycles. The van der Waals surface area contributed by atoms with Gasteiger partial charge in [-0.15, -0.1) is 0 Å². The molecule has 2 aliphatic heterocycles. The summed E-state index contributed by atoms with van der Waals surface area (Å²) in [5.74, 6) is -0.0407. The van der Waals surface area contributed by atoms with Crippen molar-refractivity contribution in [3.05, 3.63) is 0 Å². The first-order chi connectivity index (χ1) is 22.5. The molecule has 2 saturated heterocycles. The van der Waals surface area contributed by atoms with Gasteiger partial charge < -0.3 is 18.9 Å². The summed E-state index contributed by atoms with van der Waals surface area (Å²) in [5.41, 5.74) is 0. The Morgan fingerprint density at radius 1 is 0.500 bits per heavy atom. The predicted octanol–water partition coefficient (Wildman–Crippen LogP) is 10.6. The Kier molecular flexibility index (Phi) is 27.2. The van der Waals surface area contributed by atoms with Gasteiger partial charge in [0, 0.05) is 12.8 Å². The summed E-state index contributed by atoms with van der Waals surface area (Å²) in [6, 6.07) is 0. The average molecular weight is 653 g/mol. The summed E-state index contributed by atoms with van der Waals surface area (Å²) in [6.07, 6.45) is 34.1. The van der Waals surface area contributed by atoms with E-state index in [4.69, 9.17) is 9.47 Å². The van der Waals surface area contributed by atoms with Crippen LogP contribution in [0.3, 0.4) is 0 Å². The molecule has 2 aliphatic rings. The third kappa shape index (κ3) is 22.8. The molecule has 0 amide bonds. The Morgan fingerprint density at radius 3 is 1.24 bits per heavy atom. The fraction of sp³-hybridized carbons (Fsp3) is 0.923. The van der Waals surface area contributed by atoms with Gasteiger partial charge in [-0.2, -0.15) is 0 Å². The molecule has 0 unspecified atom stereocenters. The number of ether oxygens (including phenoxy) is 4. The van der Waals surface area contributed by atoms with Crippen LogP contribution in [0.2, 0.25) is 0 Å². The van der Waals surface area contributed by atoms with Gasteiger partial charge in [0.25, 0.3) is 0 Å². The van der Waals surface area contributed by atoms with Crippen molar-refractivity contribution in [2.45, 2.75) is 212 Å². The number of unbranched alkanes of at least 4 members (excludes halogenated alkanes) is 18. The van der Waals surface area contributed by atoms with Crippen molar-refractivity contribution < 1.29 is 33.3 Å². The average Bonchev–Trinajstić information content (AvgIpc) is 3.82. The lowest BCUT2D eigenvalue weighted by molar-refractivity contribution is -0.186. The van der Waals surface area contributed by atoms with E-state index in [0.717, 1.165) is 57.8 Å². The molecule has 46 heavy (non-hydrogen) atoms. The minimum absolute atomic E-state index is 0.0108. The van der Waals surface area contributed by atoms with Gasteiger partial charge in [-0.25, -0.2) is 0 Å². The largest absolute Gasteiger partial charge is 0.469 e. The van der Waals surface area contributed by atoms with Gasteiger partial charge in [-0.3, -0.25) is 14.4 Å². The number of hydrogen-bond acceptors (Lipinski definition) is 7. The molecular formula is C39H72O7. The number of carbonyl (C=O) groups is 3. The van der Waals surface area contributed by atoms with E-state index in [1.165, 1.54) is 123 Å². The second-order valence-electron chi connectivity index (χ2n) is 13.7. The van der Waals surface area contributed by atoms with Crippen LogP contribution in [-0.4, -0.2) is 50.4 Å². The molecule has 0 radical (unpaired) electrons. The fourth-order valence-electron chi connectivity index (χ4n) is 6.41. The number of esters is 3. The number of epoxide rings is 1. The molecule has 0 spiro atoms. The third-order valence-corrected chi connectivity index (χ3v) is 9.61. The Morgan fingerprint density at radius 2 is 0.848 bits per heavy atom. The van der Waals surface area contributed by atoms with E-state index in [1.54, 1.807) is 0 Å². The molecule has 0 aliphatic carbocycles. The van der Waals surface area contributed by atoms with Crippen molar-refractivity contribution >= 4 is 17.9 Å². The van der Waals surface area contributed by atoms with E-state index < -0.39 is 0 Å². The molecule has 270 valence electrons. The maximum Gasteiger partial charge on any atom is 0.313 e. The number of rotatable bonds is 30. The van der Waals surface area contributed by atoms with Crippen molar-refractivity contribution in [1.82, 2.24) is 0 Å². The van der Waals surface area contributed by atoms with E-state index in [0.29, 0.717) is 25.0 Å². The van der Waals surface area contributed by atoms with Crippen molar-refractivity contribution in [2.75, 3.05) is 14.2 Å². The normalized spacial score (nSPS) is 19.9. The SMILES string of the molecule is CCCCCCCC[C@@H]1O[C@H]1CCCCCCCC(=O)OC.CCCCCCCC[C@H]1OC(=O)[C@@H]1CCCCCCCC(=O)OC. The van der Waals surface area contributed by atoms with Crippen LogP contribution in [0, 0.1) is 5.92 Å². The first-order valence-corrected chi connectivity index (χ1v) is 19.5. The molecule has 0 N–H and O–H groups in total. The Balaban J connectivity index is 0.000000462. The van der Waals surface area contributed by atoms with Crippen LogP contribution in [0.1, 0.15) is 194 Å². The molecule has 2 fully saturated rings. The molecule has 0 aromatic rings. The number of carbonyl (C=O) groups excluding carboxylic acids is 3. The topological polar surface area (TPSA) is 91.4 Å². The molecule has 7 heteroatoms. The lowest BCUT2D eigenvalue weighted by Gasteiger charge is -2.35. The van der Waals surface area contributed by atoms with Gasteiger partial charge in [0.15, 0.2) is 0 Å². The standard InChI is InChI=1S/C20H36O4.C19H36O3/c1-3-4-5-6-9-12-15-18-17(20(22)24-18)14-11-8-7-10-13-16-19(21)23-2;1-3-4-5-6-8-11-14-17-18(22-17)15-12-9-7-10-13-16-19(20)21-2/h17-18H,3-16H2,1-2H3;17-18H,3-16H2,1-2H3/t2*17-,18-/m10/s1. The highest BCUT2D eigenvalue weighted by Crippen LogP contribution is 2.32. The van der Waals surface area contributed by atoms with Crippen molar-refractivity contribution in [3.63, 3.8) is 0 Å². The zero-order valence-electron chi connectivity index (χ0n) is 30.5. The van der Waals surface area contributed by atoms with Gasteiger partial charge in [-0.05, 0) is 44.9 Å². The zero-order valence-corrected chi connectivity index (χ0v) is 30.5. The highest BCUT2D eigenvalue weighted by atomic mass is 16.6. The van der Waals surface area contributed by atoms with Crippen LogP contribution < -0.4 is 0 Å². The molecule has 7 nitrogen and oxygen atoms in total. The summed E-state index contributed by atoms with van der Waals surface area (Å²) in [6.45, 7) is 4.50. The summed E-state index contributed by atoms with van der Waals surface area (Å²) in [7, 11) is 2.89. The summed E-state index contributed by atoms with van der Waals surface area (Å²) < 4.78 is 20.3. The van der Waals surface area contributed by atoms with E-state index >= 15 is 0 Å². The minimum Gasteiger partial charge on any atom is -0.469 e. The van der Waals surface area contributed by atoms with Gasteiger partial charge in [0.05, 0.1) is 32.3 Å².